The van der Waals surface area contributed by atoms with Gasteiger partial charge in [0.15, 0.2) is 0 Å². The van der Waals surface area contributed by atoms with Crippen LogP contribution in [0.25, 0.3) is 0 Å². The van der Waals surface area contributed by atoms with Crippen LogP contribution in [0.2, 0.25) is 0 Å². The van der Waals surface area contributed by atoms with Crippen LogP contribution in [0.15, 0.2) is 18.2 Å². The number of benzene rings is 1. The predicted octanol–water partition coefficient (Wildman–Crippen LogP) is 2.41. The second kappa shape index (κ2) is 8.89. The molecule has 0 atom stereocenters. The Hall–Kier alpha value is -2.18. The van der Waals surface area contributed by atoms with Gasteiger partial charge in [-0.15, -0.1) is 0 Å². The lowest BCUT2D eigenvalue weighted by molar-refractivity contribution is -0.137. The van der Waals surface area contributed by atoms with Gasteiger partial charge in [0.05, 0.1) is 0 Å². The molecule has 0 aliphatic rings. The maximum Gasteiger partial charge on any atom is 0.315 e. The van der Waals surface area contributed by atoms with E-state index in [0.29, 0.717) is 25.8 Å². The highest BCUT2D eigenvalue weighted by Crippen LogP contribution is 2.08. The van der Waals surface area contributed by atoms with Crippen molar-refractivity contribution < 1.29 is 23.5 Å². The SMILES string of the molecule is O=C(O)CCCCCNC(=O)NCc1ccc(F)cc1F. The fourth-order valence-corrected chi connectivity index (χ4v) is 1.68. The summed E-state index contributed by atoms with van der Waals surface area (Å²) in [5.41, 5.74) is 0.202. The first-order valence-electron chi connectivity index (χ1n) is 6.66. The number of halogens is 2. The highest BCUT2D eigenvalue weighted by Gasteiger charge is 2.05. The topological polar surface area (TPSA) is 78.4 Å². The van der Waals surface area contributed by atoms with Gasteiger partial charge in [0.25, 0.3) is 0 Å². The average Bonchev–Trinajstić information content (AvgIpc) is 2.41. The van der Waals surface area contributed by atoms with E-state index in [9.17, 15) is 18.4 Å². The summed E-state index contributed by atoms with van der Waals surface area (Å²) in [6, 6.07) is 2.71. The van der Waals surface area contributed by atoms with Crippen molar-refractivity contribution in [3.05, 3.63) is 35.4 Å². The molecule has 1 aromatic rings. The van der Waals surface area contributed by atoms with Gasteiger partial charge in [-0.25, -0.2) is 13.6 Å². The van der Waals surface area contributed by atoms with E-state index in [0.717, 1.165) is 12.1 Å². The standard InChI is InChI=1S/C14H18F2N2O3/c15-11-6-5-10(12(16)8-11)9-18-14(21)17-7-3-1-2-4-13(19)20/h5-6,8H,1-4,7,9H2,(H,19,20)(H2,17,18,21). The van der Waals surface area contributed by atoms with Crippen LogP contribution < -0.4 is 10.6 Å². The van der Waals surface area contributed by atoms with Gasteiger partial charge in [-0.05, 0) is 18.9 Å². The van der Waals surface area contributed by atoms with E-state index < -0.39 is 23.6 Å². The third kappa shape index (κ3) is 7.24. The monoisotopic (exact) mass is 300 g/mol. The molecule has 0 bridgehead atoms. The molecule has 1 rings (SSSR count). The van der Waals surface area contributed by atoms with E-state index in [-0.39, 0.29) is 18.5 Å². The van der Waals surface area contributed by atoms with Crippen molar-refractivity contribution in [3.8, 4) is 0 Å². The Kier molecular flexibility index (Phi) is 7.14. The van der Waals surface area contributed by atoms with Crippen LogP contribution in [-0.4, -0.2) is 23.7 Å². The minimum atomic E-state index is -0.831. The molecule has 0 fully saturated rings. The number of nitrogens with one attached hydrogen (secondary N) is 2. The highest BCUT2D eigenvalue weighted by atomic mass is 19.1. The summed E-state index contributed by atoms with van der Waals surface area (Å²) in [5, 5.41) is 13.5. The number of urea groups is 1. The first-order valence-corrected chi connectivity index (χ1v) is 6.66. The minimum absolute atomic E-state index is 0.0308. The molecule has 7 heteroatoms. The zero-order valence-electron chi connectivity index (χ0n) is 11.5. The Morgan fingerprint density at radius 3 is 2.52 bits per heavy atom. The second-order valence-corrected chi connectivity index (χ2v) is 4.55. The lowest BCUT2D eigenvalue weighted by Crippen LogP contribution is -2.35. The second-order valence-electron chi connectivity index (χ2n) is 4.55. The van der Waals surface area contributed by atoms with Crippen LogP contribution in [0.1, 0.15) is 31.2 Å². The number of hydrogen-bond donors (Lipinski definition) is 3. The normalized spacial score (nSPS) is 10.2. The fourth-order valence-electron chi connectivity index (χ4n) is 1.68. The molecule has 0 aliphatic heterocycles. The molecule has 21 heavy (non-hydrogen) atoms. The molecule has 0 aromatic heterocycles. The zero-order chi connectivity index (χ0) is 15.7. The maximum atomic E-state index is 13.3. The Bertz CT molecular complexity index is 495. The van der Waals surface area contributed by atoms with Crippen molar-refractivity contribution in [2.24, 2.45) is 0 Å². The molecule has 3 N–H and O–H groups in total. The number of hydrogen-bond acceptors (Lipinski definition) is 2. The molecule has 0 saturated heterocycles. The van der Waals surface area contributed by atoms with E-state index in [4.69, 9.17) is 5.11 Å². The zero-order valence-corrected chi connectivity index (χ0v) is 11.5. The Morgan fingerprint density at radius 1 is 1.10 bits per heavy atom. The summed E-state index contributed by atoms with van der Waals surface area (Å²) in [6.07, 6.45) is 2.07. The van der Waals surface area contributed by atoms with Crippen molar-refractivity contribution in [2.45, 2.75) is 32.2 Å². The van der Waals surface area contributed by atoms with Gasteiger partial charge in [0.2, 0.25) is 0 Å². The lowest BCUT2D eigenvalue weighted by atomic mass is 10.2. The van der Waals surface area contributed by atoms with Crippen LogP contribution in [0.4, 0.5) is 13.6 Å². The van der Waals surface area contributed by atoms with Gasteiger partial charge < -0.3 is 15.7 Å². The first-order chi connectivity index (χ1) is 9.99. The molecule has 5 nitrogen and oxygen atoms in total. The third-order valence-corrected chi connectivity index (χ3v) is 2.81. The molecule has 0 heterocycles. The molecule has 2 amide bonds. The average molecular weight is 300 g/mol. The van der Waals surface area contributed by atoms with Crippen LogP contribution in [0.3, 0.4) is 0 Å². The van der Waals surface area contributed by atoms with Crippen LogP contribution in [-0.2, 0) is 11.3 Å². The van der Waals surface area contributed by atoms with E-state index in [1.54, 1.807) is 0 Å². The van der Waals surface area contributed by atoms with Gasteiger partial charge in [0.1, 0.15) is 11.6 Å². The summed E-state index contributed by atoms with van der Waals surface area (Å²) >= 11 is 0. The van der Waals surface area contributed by atoms with Crippen molar-refractivity contribution >= 4 is 12.0 Å². The molecule has 0 radical (unpaired) electrons. The summed E-state index contributed by atoms with van der Waals surface area (Å²) in [6.45, 7) is 0.383. The minimum Gasteiger partial charge on any atom is -0.481 e. The van der Waals surface area contributed by atoms with E-state index in [1.807, 2.05) is 0 Å². The number of carbonyl (C=O) groups excluding carboxylic acids is 1. The van der Waals surface area contributed by atoms with Crippen molar-refractivity contribution in [2.75, 3.05) is 6.54 Å². The summed E-state index contributed by atoms with van der Waals surface area (Å²) < 4.78 is 26.0. The van der Waals surface area contributed by atoms with Gasteiger partial charge in [0, 0.05) is 31.1 Å². The lowest BCUT2D eigenvalue weighted by Gasteiger charge is -2.08. The van der Waals surface area contributed by atoms with Gasteiger partial charge in [-0.3, -0.25) is 4.79 Å². The number of aliphatic carboxylic acids is 1. The number of unbranched alkanes of at least 4 members (excludes halogenated alkanes) is 2. The molecule has 1 aromatic carbocycles. The van der Waals surface area contributed by atoms with Gasteiger partial charge in [-0.2, -0.15) is 0 Å². The number of rotatable bonds is 8. The van der Waals surface area contributed by atoms with Gasteiger partial charge >= 0.3 is 12.0 Å². The maximum absolute atomic E-state index is 13.3. The quantitative estimate of drug-likeness (QED) is 0.645. The largest absolute Gasteiger partial charge is 0.481 e. The third-order valence-electron chi connectivity index (χ3n) is 2.81. The van der Waals surface area contributed by atoms with Crippen molar-refractivity contribution in [3.63, 3.8) is 0 Å². The predicted molar refractivity (Wildman–Crippen MR) is 72.7 cm³/mol. The molecule has 0 spiro atoms. The van der Waals surface area contributed by atoms with E-state index >= 15 is 0 Å². The molecule has 0 unspecified atom stereocenters. The summed E-state index contributed by atoms with van der Waals surface area (Å²) in [7, 11) is 0. The molecular weight excluding hydrogens is 282 g/mol. The fraction of sp³-hybridized carbons (Fsp3) is 0.429. The molecule has 0 aliphatic carbocycles. The van der Waals surface area contributed by atoms with Crippen molar-refractivity contribution in [1.82, 2.24) is 10.6 Å². The van der Waals surface area contributed by atoms with Crippen molar-refractivity contribution in [1.29, 1.82) is 0 Å². The Morgan fingerprint density at radius 2 is 1.86 bits per heavy atom. The van der Waals surface area contributed by atoms with Crippen LogP contribution >= 0.6 is 0 Å². The summed E-state index contributed by atoms with van der Waals surface area (Å²) in [5.74, 6) is -2.20. The Labute approximate surface area is 121 Å². The molecule has 0 saturated carbocycles. The van der Waals surface area contributed by atoms with Crippen LogP contribution in [0, 0.1) is 11.6 Å². The van der Waals surface area contributed by atoms with E-state index in [2.05, 4.69) is 10.6 Å². The number of carbonyl (C=O) groups is 2. The summed E-state index contributed by atoms with van der Waals surface area (Å²) in [4.78, 5) is 21.7. The Balaban J connectivity index is 2.15. The van der Waals surface area contributed by atoms with Crippen LogP contribution in [0.5, 0.6) is 0 Å². The molecule has 116 valence electrons. The number of carboxylic acids is 1. The first kappa shape index (κ1) is 16.9. The van der Waals surface area contributed by atoms with Gasteiger partial charge in [-0.1, -0.05) is 12.5 Å². The highest BCUT2D eigenvalue weighted by molar-refractivity contribution is 5.73. The van der Waals surface area contributed by atoms with E-state index in [1.165, 1.54) is 6.07 Å². The number of amides is 2. The smallest absolute Gasteiger partial charge is 0.315 e. The number of carboxylic acid groups (broad SMARTS) is 1. The molecular formula is C14H18F2N2O3.